The van der Waals surface area contributed by atoms with Crippen molar-refractivity contribution >= 4 is 28.8 Å². The summed E-state index contributed by atoms with van der Waals surface area (Å²) >= 11 is 1.71. The molecule has 1 aliphatic heterocycles. The number of aromatic nitrogens is 3. The quantitative estimate of drug-likeness (QED) is 0.234. The molecule has 1 fully saturated rings. The Labute approximate surface area is 229 Å². The number of hydrogen-bond acceptors (Lipinski definition) is 5. The lowest BCUT2D eigenvalue weighted by molar-refractivity contribution is -0.137. The molecule has 1 aromatic heterocycles. The number of nitrogens with zero attached hydrogens (tertiary/aromatic N) is 6. The summed E-state index contributed by atoms with van der Waals surface area (Å²) in [6.45, 7) is 5.14. The van der Waals surface area contributed by atoms with Crippen molar-refractivity contribution in [1.82, 2.24) is 19.8 Å². The monoisotopic (exact) mass is 548 g/mol. The Morgan fingerprint density at radius 2 is 1.72 bits per heavy atom. The average Bonchev–Trinajstić information content (AvgIpc) is 3.43. The number of alkyl halides is 3. The number of amidine groups is 1. The molecule has 1 saturated heterocycles. The molecule has 5 rings (SSSR count). The van der Waals surface area contributed by atoms with Crippen LogP contribution in [0.2, 0.25) is 0 Å². The third-order valence-corrected chi connectivity index (χ3v) is 7.26. The van der Waals surface area contributed by atoms with Crippen LogP contribution in [0.1, 0.15) is 42.9 Å². The lowest BCUT2D eigenvalue weighted by Crippen LogP contribution is -2.29. The number of rotatable bonds is 6. The summed E-state index contributed by atoms with van der Waals surface area (Å²) in [5, 5.41) is 12.0. The third kappa shape index (κ3) is 6.39. The lowest BCUT2D eigenvalue weighted by Gasteiger charge is -2.25. The molecule has 0 radical (unpaired) electrons. The van der Waals surface area contributed by atoms with Gasteiger partial charge in [-0.15, -0.1) is 5.10 Å². The second kappa shape index (κ2) is 11.4. The molecule has 10 heteroatoms. The standard InChI is InChI=1S/C29H27F3N6S/c1-20(2)25-6-3-4-7-26(25)35-28-37(16-5-17-39-28)34-18-21-8-10-22(11-9-21)27-33-19-38(36-27)24-14-12-23(13-15-24)29(30,31)32/h3-4,6-15,18-20H,5,16-17H2,1-2H3/b34-18+,35-28-. The highest BCUT2D eigenvalue weighted by Gasteiger charge is 2.30. The molecule has 0 aliphatic carbocycles. The third-order valence-electron chi connectivity index (χ3n) is 6.21. The minimum atomic E-state index is -4.38. The highest BCUT2D eigenvalue weighted by atomic mass is 32.2. The zero-order valence-corrected chi connectivity index (χ0v) is 22.3. The van der Waals surface area contributed by atoms with Crippen LogP contribution in [0.5, 0.6) is 0 Å². The highest BCUT2D eigenvalue weighted by molar-refractivity contribution is 8.13. The van der Waals surface area contributed by atoms with Crippen molar-refractivity contribution in [3.63, 3.8) is 0 Å². The van der Waals surface area contributed by atoms with E-state index in [0.29, 0.717) is 17.4 Å². The van der Waals surface area contributed by atoms with Crippen LogP contribution in [-0.4, -0.2) is 43.5 Å². The van der Waals surface area contributed by atoms with Gasteiger partial charge in [0.15, 0.2) is 11.0 Å². The number of para-hydroxylation sites is 1. The molecule has 0 unspecified atom stereocenters. The van der Waals surface area contributed by atoms with E-state index in [2.05, 4.69) is 30.0 Å². The van der Waals surface area contributed by atoms with Gasteiger partial charge in [-0.2, -0.15) is 18.3 Å². The van der Waals surface area contributed by atoms with Crippen molar-refractivity contribution in [2.75, 3.05) is 12.3 Å². The van der Waals surface area contributed by atoms with Crippen LogP contribution < -0.4 is 0 Å². The Morgan fingerprint density at radius 3 is 2.44 bits per heavy atom. The molecule has 0 N–H and O–H groups in total. The van der Waals surface area contributed by atoms with Gasteiger partial charge in [0.2, 0.25) is 0 Å². The first-order valence-corrected chi connectivity index (χ1v) is 13.6. The van der Waals surface area contributed by atoms with Crippen molar-refractivity contribution in [3.05, 3.63) is 95.8 Å². The number of aliphatic imine (C=N–C) groups is 1. The SMILES string of the molecule is CC(C)c1ccccc1/N=C1\SCCCN1/N=C/c1ccc(-c2ncn(-c3ccc(C(F)(F)F)cc3)n2)cc1. The smallest absolute Gasteiger partial charge is 0.242 e. The molecule has 200 valence electrons. The van der Waals surface area contributed by atoms with Crippen LogP contribution in [0.4, 0.5) is 18.9 Å². The Hall–Kier alpha value is -3.92. The van der Waals surface area contributed by atoms with E-state index in [1.54, 1.807) is 11.8 Å². The summed E-state index contributed by atoms with van der Waals surface area (Å²) in [7, 11) is 0. The Balaban J connectivity index is 1.29. The molecule has 0 amide bonds. The van der Waals surface area contributed by atoms with Crippen molar-refractivity contribution in [3.8, 4) is 17.1 Å². The van der Waals surface area contributed by atoms with E-state index in [9.17, 15) is 13.2 Å². The number of halogens is 3. The number of thioether (sulfide) groups is 1. The molecule has 6 nitrogen and oxygen atoms in total. The van der Waals surface area contributed by atoms with E-state index < -0.39 is 11.7 Å². The van der Waals surface area contributed by atoms with E-state index in [-0.39, 0.29) is 0 Å². The van der Waals surface area contributed by atoms with Crippen LogP contribution in [-0.2, 0) is 6.18 Å². The Kier molecular flexibility index (Phi) is 7.83. The van der Waals surface area contributed by atoms with Gasteiger partial charge in [-0.1, -0.05) is 68.1 Å². The number of benzene rings is 3. The summed E-state index contributed by atoms with van der Waals surface area (Å²) in [5.41, 5.74) is 3.69. The second-order valence-corrected chi connectivity index (χ2v) is 10.4. The number of hydrazone groups is 1. The topological polar surface area (TPSA) is 58.7 Å². The van der Waals surface area contributed by atoms with Crippen LogP contribution >= 0.6 is 11.8 Å². The fourth-order valence-corrected chi connectivity index (χ4v) is 5.01. The fourth-order valence-electron chi connectivity index (χ4n) is 4.10. The maximum Gasteiger partial charge on any atom is 0.416 e. The Morgan fingerprint density at radius 1 is 0.974 bits per heavy atom. The molecule has 3 aromatic carbocycles. The molecule has 39 heavy (non-hydrogen) atoms. The van der Waals surface area contributed by atoms with Crippen molar-refractivity contribution in [2.45, 2.75) is 32.4 Å². The van der Waals surface area contributed by atoms with Gasteiger partial charge in [0.25, 0.3) is 0 Å². The number of hydrogen-bond donors (Lipinski definition) is 0. The fraction of sp³-hybridized carbons (Fsp3) is 0.241. The van der Waals surface area contributed by atoms with Crippen molar-refractivity contribution in [2.24, 2.45) is 10.1 Å². The van der Waals surface area contributed by atoms with Gasteiger partial charge in [0.1, 0.15) is 6.33 Å². The van der Waals surface area contributed by atoms with Crippen LogP contribution in [0.15, 0.2) is 89.2 Å². The molecule has 0 spiro atoms. The minimum Gasteiger partial charge on any atom is -0.242 e. The van der Waals surface area contributed by atoms with E-state index >= 15 is 0 Å². The maximum atomic E-state index is 12.8. The first-order chi connectivity index (χ1) is 18.8. The normalized spacial score (nSPS) is 15.5. The second-order valence-electron chi connectivity index (χ2n) is 9.36. The highest BCUT2D eigenvalue weighted by Crippen LogP contribution is 2.31. The summed E-state index contributed by atoms with van der Waals surface area (Å²) in [4.78, 5) is 9.27. The van der Waals surface area contributed by atoms with Gasteiger partial charge in [-0.25, -0.2) is 19.7 Å². The van der Waals surface area contributed by atoms with Gasteiger partial charge in [0, 0.05) is 17.9 Å². The van der Waals surface area contributed by atoms with Crippen LogP contribution in [0.25, 0.3) is 17.1 Å². The lowest BCUT2D eigenvalue weighted by atomic mass is 10.0. The molecule has 0 atom stereocenters. The van der Waals surface area contributed by atoms with Crippen LogP contribution in [0, 0.1) is 0 Å². The molecule has 0 saturated carbocycles. The van der Waals surface area contributed by atoms with E-state index in [1.165, 1.54) is 28.7 Å². The zero-order chi connectivity index (χ0) is 27.4. The molecular weight excluding hydrogens is 521 g/mol. The van der Waals surface area contributed by atoms with Gasteiger partial charge in [-0.3, -0.25) is 0 Å². The summed E-state index contributed by atoms with van der Waals surface area (Å²) < 4.78 is 40.0. The molecule has 4 aromatic rings. The largest absolute Gasteiger partial charge is 0.416 e. The van der Waals surface area contributed by atoms with E-state index in [4.69, 9.17) is 10.1 Å². The molecule has 0 bridgehead atoms. The summed E-state index contributed by atoms with van der Waals surface area (Å²) in [6.07, 6.45) is -0.0517. The van der Waals surface area contributed by atoms with Crippen molar-refractivity contribution < 1.29 is 13.2 Å². The van der Waals surface area contributed by atoms with Gasteiger partial charge < -0.3 is 0 Å². The molecule has 2 heterocycles. The molecule has 1 aliphatic rings. The van der Waals surface area contributed by atoms with Crippen molar-refractivity contribution in [1.29, 1.82) is 0 Å². The summed E-state index contributed by atoms with van der Waals surface area (Å²) in [6, 6.07) is 20.7. The van der Waals surface area contributed by atoms with Gasteiger partial charge in [-0.05, 0) is 53.8 Å². The summed E-state index contributed by atoms with van der Waals surface area (Å²) in [5.74, 6) is 1.87. The average molecular weight is 549 g/mol. The van der Waals surface area contributed by atoms with E-state index in [1.807, 2.05) is 53.7 Å². The molecular formula is C29H27F3N6S. The van der Waals surface area contributed by atoms with Gasteiger partial charge in [0.05, 0.1) is 23.2 Å². The van der Waals surface area contributed by atoms with E-state index in [0.717, 1.165) is 52.8 Å². The maximum absolute atomic E-state index is 12.8. The Bertz CT molecular complexity index is 1470. The minimum absolute atomic E-state index is 0.380. The predicted molar refractivity (Wildman–Crippen MR) is 151 cm³/mol. The van der Waals surface area contributed by atoms with Crippen LogP contribution in [0.3, 0.4) is 0 Å². The first kappa shape index (κ1) is 26.7. The zero-order valence-electron chi connectivity index (χ0n) is 21.5. The predicted octanol–water partition coefficient (Wildman–Crippen LogP) is 7.54. The van der Waals surface area contributed by atoms with Gasteiger partial charge >= 0.3 is 6.18 Å². The first-order valence-electron chi connectivity index (χ1n) is 12.6.